The van der Waals surface area contributed by atoms with Gasteiger partial charge >= 0.3 is 18.8 Å². The maximum absolute atomic E-state index is 12.6. The van der Waals surface area contributed by atoms with Gasteiger partial charge in [-0.1, -0.05) is 72.2 Å². The molecule has 2 N–H and O–H groups in total. The fourth-order valence-electron chi connectivity index (χ4n) is 4.56. The second-order valence-corrected chi connectivity index (χ2v) is 12.0. The molecule has 0 aliphatic heterocycles. The monoisotopic (exact) mass is 759 g/mol. The summed E-state index contributed by atoms with van der Waals surface area (Å²) in [7, 11) is -3.96. The third kappa shape index (κ3) is 8.61. The van der Waals surface area contributed by atoms with E-state index in [0.29, 0.717) is 5.39 Å². The number of fused-ring (bicyclic) bond motifs is 1. The summed E-state index contributed by atoms with van der Waals surface area (Å²) in [5, 5.41) is 84.0. The summed E-state index contributed by atoms with van der Waals surface area (Å²) in [6, 6.07) is 24.6. The number of non-ortho nitro benzene ring substituents is 1. The summed E-state index contributed by atoms with van der Waals surface area (Å²) in [5.74, 6) is -3.03. The molecule has 0 unspecified atom stereocenters. The minimum absolute atomic E-state index is 0. The van der Waals surface area contributed by atoms with E-state index < -0.39 is 32.5 Å². The average Bonchev–Trinajstić information content (AvgIpc) is 3.39. The van der Waals surface area contributed by atoms with Crippen molar-refractivity contribution >= 4 is 55.2 Å². The molecule has 0 aliphatic rings. The van der Waals surface area contributed by atoms with Gasteiger partial charge in [-0.25, -0.2) is 18.2 Å². The number of hydrogen-bond acceptors (Lipinski definition) is 14. The predicted molar refractivity (Wildman–Crippen MR) is 175 cm³/mol. The summed E-state index contributed by atoms with van der Waals surface area (Å²) in [4.78, 5) is 20.9. The SMILES string of the molecule is Cc1nn(-c2cccc(S(N)(=O)=O)c2)c([O-])c1N=Nc1ccccc1C(=O)[O-].O=[N+]([O-])c1ccc(N=Nc2c([O-])ccc3ccccc23)c([O-])c1.[Cr+3].[H+]. The van der Waals surface area contributed by atoms with Crippen molar-refractivity contribution in [2.75, 3.05) is 0 Å². The minimum Gasteiger partial charge on any atom is -0.871 e. The molecule has 0 fully saturated rings. The number of nitrogens with zero attached hydrogens (tertiary/aromatic N) is 7. The maximum Gasteiger partial charge on any atom is 3.00 e. The van der Waals surface area contributed by atoms with Crippen molar-refractivity contribution in [1.82, 2.24) is 9.78 Å². The fourth-order valence-corrected chi connectivity index (χ4v) is 5.11. The standard InChI is InChI=1S/C17H15N5O5S.C16H11N3O4.Cr/c1-10-15(20-19-14-8-3-2-7-13(14)17(24)25)16(23)22(21-10)11-5-4-6-12(9-11)28(18,26)27;20-14-8-5-10-3-1-2-4-12(10)16(14)18-17-13-7-6-11(19(22)23)9-15(13)21;/h2-9,23H,1H3,(H,24,25)(H2,18,26,27);1-9,20-21H;/q;;+3/p-3. The van der Waals surface area contributed by atoms with Gasteiger partial charge in [0.1, 0.15) is 5.69 Å². The molecule has 0 aliphatic carbocycles. The number of primary sulfonamides is 1. The Morgan fingerprint density at radius 2 is 1.48 bits per heavy atom. The smallest absolute Gasteiger partial charge is 0.871 e. The quantitative estimate of drug-likeness (QED) is 0.132. The molecule has 0 saturated heterocycles. The average molecular weight is 760 g/mol. The van der Waals surface area contributed by atoms with Crippen LogP contribution < -0.4 is 25.6 Å². The first-order chi connectivity index (χ1) is 24.2. The van der Waals surface area contributed by atoms with E-state index in [-0.39, 0.29) is 74.8 Å². The van der Waals surface area contributed by atoms with Crippen LogP contribution in [0.1, 0.15) is 17.5 Å². The number of carbonyl (C=O) groups excluding carboxylic acids is 1. The topological polar surface area (TPSA) is 280 Å². The summed E-state index contributed by atoms with van der Waals surface area (Å²) in [6.07, 6.45) is 0. The maximum atomic E-state index is 12.6. The number of benzene rings is 5. The van der Waals surface area contributed by atoms with Crippen LogP contribution in [0.5, 0.6) is 17.4 Å². The predicted octanol–water partition coefficient (Wildman–Crippen LogP) is 4.10. The molecule has 6 aromatic rings. The Balaban J connectivity index is 0.000000280. The van der Waals surface area contributed by atoms with Gasteiger partial charge in [0.15, 0.2) is 0 Å². The summed E-state index contributed by atoms with van der Waals surface area (Å²) < 4.78 is 24.0. The van der Waals surface area contributed by atoms with Crippen LogP contribution in [-0.4, -0.2) is 29.1 Å². The van der Waals surface area contributed by atoms with E-state index in [1.165, 1.54) is 61.5 Å². The molecule has 6 rings (SSSR count). The summed E-state index contributed by atoms with van der Waals surface area (Å²) in [5.41, 5.74) is -0.131. The van der Waals surface area contributed by atoms with E-state index >= 15 is 0 Å². The molecule has 0 amide bonds. The number of azo groups is 2. The molecule has 261 valence electrons. The number of nitro benzene ring substituents is 1. The van der Waals surface area contributed by atoms with Gasteiger partial charge < -0.3 is 25.2 Å². The zero-order chi connectivity index (χ0) is 36.9. The molecule has 0 atom stereocenters. The van der Waals surface area contributed by atoms with Crippen LogP contribution in [0.25, 0.3) is 16.5 Å². The van der Waals surface area contributed by atoms with E-state index in [1.54, 1.807) is 24.3 Å². The molecule has 1 heterocycles. The van der Waals surface area contributed by atoms with Crippen molar-refractivity contribution in [2.24, 2.45) is 25.6 Å². The van der Waals surface area contributed by atoms with Gasteiger partial charge in [0, 0.05) is 29.0 Å². The zero-order valence-electron chi connectivity index (χ0n) is 27.5. The first-order valence-electron chi connectivity index (χ1n) is 14.4. The van der Waals surface area contributed by atoms with E-state index in [9.17, 15) is 43.8 Å². The zero-order valence-corrected chi connectivity index (χ0v) is 28.6. The second-order valence-electron chi connectivity index (χ2n) is 10.4. The van der Waals surface area contributed by atoms with Gasteiger partial charge in [-0.2, -0.15) is 15.3 Å². The van der Waals surface area contributed by atoms with Crippen molar-refractivity contribution in [3.8, 4) is 23.1 Å². The molecule has 17 nitrogen and oxygen atoms in total. The largest absolute Gasteiger partial charge is 3.00 e. The Hall–Kier alpha value is -6.52. The van der Waals surface area contributed by atoms with Crippen molar-refractivity contribution in [1.29, 1.82) is 0 Å². The number of carboxylic acids is 1. The van der Waals surface area contributed by atoms with E-state index in [4.69, 9.17) is 5.14 Å². The van der Waals surface area contributed by atoms with Gasteiger partial charge in [0.25, 0.3) is 5.69 Å². The number of rotatable bonds is 8. The molecule has 0 saturated carbocycles. The third-order valence-corrected chi connectivity index (χ3v) is 7.95. The number of carbonyl (C=O) groups is 1. The Morgan fingerprint density at radius 1 is 0.808 bits per heavy atom. The molecule has 0 bridgehead atoms. The van der Waals surface area contributed by atoms with Crippen LogP contribution in [0.4, 0.5) is 28.4 Å². The fraction of sp³-hybridized carbons (Fsp3) is 0.0303. The van der Waals surface area contributed by atoms with Crippen LogP contribution in [0.2, 0.25) is 0 Å². The van der Waals surface area contributed by atoms with Crippen LogP contribution in [0.15, 0.2) is 128 Å². The molecule has 1 aromatic heterocycles. The van der Waals surface area contributed by atoms with Crippen molar-refractivity contribution in [2.45, 2.75) is 11.8 Å². The Labute approximate surface area is 306 Å². The van der Waals surface area contributed by atoms with Gasteiger partial charge in [-0.3, -0.25) is 10.1 Å². The molecule has 1 radical (unpaired) electrons. The van der Waals surface area contributed by atoms with Gasteiger partial charge in [0.2, 0.25) is 10.0 Å². The molecule has 0 spiro atoms. The van der Waals surface area contributed by atoms with Crippen LogP contribution in [0, 0.1) is 17.0 Å². The molecule has 19 heteroatoms. The third-order valence-electron chi connectivity index (χ3n) is 7.04. The first-order valence-corrected chi connectivity index (χ1v) is 16.0. The number of aromatic nitrogens is 2. The summed E-state index contributed by atoms with van der Waals surface area (Å²) >= 11 is 0. The van der Waals surface area contributed by atoms with Gasteiger partial charge in [-0.15, -0.1) is 10.2 Å². The Morgan fingerprint density at radius 3 is 2.17 bits per heavy atom. The molecular weight excluding hydrogens is 736 g/mol. The van der Waals surface area contributed by atoms with Crippen molar-refractivity contribution < 1.29 is 57.3 Å². The molecular formula is C33H23CrN8O9S. The van der Waals surface area contributed by atoms with Crippen LogP contribution in [0.3, 0.4) is 0 Å². The normalized spacial score (nSPS) is 11.3. The number of sulfonamides is 1. The van der Waals surface area contributed by atoms with Crippen molar-refractivity contribution in [3.05, 3.63) is 124 Å². The first kappa shape index (κ1) is 38.3. The molecule has 52 heavy (non-hydrogen) atoms. The Bertz CT molecular complexity index is 2500. The van der Waals surface area contributed by atoms with Gasteiger partial charge in [-0.05, 0) is 42.6 Å². The number of nitrogens with two attached hydrogens (primary N) is 1. The minimum atomic E-state index is -3.96. The number of carboxylic acid groups (broad SMARTS) is 1. The Kier molecular flexibility index (Phi) is 11.8. The van der Waals surface area contributed by atoms with E-state index in [0.717, 1.165) is 22.2 Å². The number of aryl methyl sites for hydroxylation is 1. The number of nitro groups is 1. The van der Waals surface area contributed by atoms with E-state index in [1.807, 2.05) is 12.1 Å². The number of aromatic carboxylic acids is 1. The summed E-state index contributed by atoms with van der Waals surface area (Å²) in [6.45, 7) is 1.51. The van der Waals surface area contributed by atoms with Crippen LogP contribution >= 0.6 is 0 Å². The van der Waals surface area contributed by atoms with Gasteiger partial charge in [0.05, 0.1) is 44.2 Å². The number of hydrogen-bond donors (Lipinski definition) is 1. The van der Waals surface area contributed by atoms with E-state index in [2.05, 4.69) is 25.6 Å². The second kappa shape index (κ2) is 16.0. The molecule has 5 aromatic carbocycles. The van der Waals surface area contributed by atoms with Crippen molar-refractivity contribution in [3.63, 3.8) is 0 Å². The van der Waals surface area contributed by atoms with Crippen LogP contribution in [-0.2, 0) is 27.4 Å².